The molecular weight excluding hydrogens is 516 g/mol. The largest absolute Gasteiger partial charge is 0.494 e. The van der Waals surface area contributed by atoms with Crippen molar-refractivity contribution in [3.8, 4) is 17.3 Å². The van der Waals surface area contributed by atoms with Gasteiger partial charge in [0.15, 0.2) is 5.82 Å². The molecule has 1 saturated heterocycles. The zero-order valence-electron chi connectivity index (χ0n) is 24.1. The maximum absolute atomic E-state index is 13.7. The zero-order valence-corrected chi connectivity index (χ0v) is 24.1. The normalized spacial score (nSPS) is 21.8. The molecule has 8 nitrogen and oxygen atoms in total. The average molecular weight is 555 g/mol. The molecule has 0 unspecified atom stereocenters. The van der Waals surface area contributed by atoms with Gasteiger partial charge in [0.05, 0.1) is 23.8 Å². The van der Waals surface area contributed by atoms with Crippen molar-refractivity contribution in [2.24, 2.45) is 24.8 Å². The highest BCUT2D eigenvalue weighted by atomic mass is 16.5. The SMILES string of the molecule is COc1cc(C(=O)N2C[C@H]3CC[C@@H]2[C@@H]3C)cc2nc(-c3cc4cccc(CCCC(=O)O)c4n3CC3CC3)n(C)c12. The molecule has 2 aromatic carbocycles. The fourth-order valence-corrected chi connectivity index (χ4v) is 7.50. The number of carboxylic acid groups (broad SMARTS) is 1. The van der Waals surface area contributed by atoms with Crippen molar-refractivity contribution in [1.82, 2.24) is 19.0 Å². The molecule has 3 fully saturated rings. The van der Waals surface area contributed by atoms with E-state index < -0.39 is 5.97 Å². The number of rotatable bonds is 9. The Hall–Kier alpha value is -3.81. The number of aryl methyl sites for hydroxylation is 2. The summed E-state index contributed by atoms with van der Waals surface area (Å²) in [5, 5.41) is 10.3. The average Bonchev–Trinajstić information content (AvgIpc) is 3.34. The molecule has 2 aliphatic carbocycles. The minimum absolute atomic E-state index is 0.0744. The predicted octanol–water partition coefficient (Wildman–Crippen LogP) is 5.89. The van der Waals surface area contributed by atoms with E-state index in [1.807, 2.05) is 19.2 Å². The van der Waals surface area contributed by atoms with Crippen LogP contribution in [0.3, 0.4) is 0 Å². The predicted molar refractivity (Wildman–Crippen MR) is 158 cm³/mol. The minimum atomic E-state index is -0.760. The maximum Gasteiger partial charge on any atom is 0.303 e. The van der Waals surface area contributed by atoms with E-state index in [9.17, 15) is 14.7 Å². The van der Waals surface area contributed by atoms with Gasteiger partial charge in [-0.3, -0.25) is 9.59 Å². The summed E-state index contributed by atoms with van der Waals surface area (Å²) in [5.41, 5.74) is 5.66. The second-order valence-corrected chi connectivity index (χ2v) is 12.4. The standard InChI is InChI=1S/C33H38N4O4/c1-19-23-12-13-26(19)37(18-23)33(40)24-14-25-31(28(16-24)41-3)35(2)32(34-25)27-15-22-8-4-6-21(7-5-9-29(38)39)30(22)36(27)17-20-10-11-20/h4,6,8,14-16,19-20,23,26H,5,7,9-13,17-18H2,1-3H3,(H,38,39)/t19-,23-,26-/m1/s1. The Balaban J connectivity index is 1.32. The molecule has 0 spiro atoms. The molecule has 1 N–H and O–H groups in total. The topological polar surface area (TPSA) is 89.6 Å². The molecule has 41 heavy (non-hydrogen) atoms. The first-order chi connectivity index (χ1) is 19.8. The third-order valence-corrected chi connectivity index (χ3v) is 9.88. The summed E-state index contributed by atoms with van der Waals surface area (Å²) in [6.45, 7) is 4.03. The summed E-state index contributed by atoms with van der Waals surface area (Å²) in [6.07, 6.45) is 6.24. The maximum atomic E-state index is 13.7. The van der Waals surface area contributed by atoms with Gasteiger partial charge in [0, 0.05) is 43.5 Å². The van der Waals surface area contributed by atoms with Crippen molar-refractivity contribution in [3.05, 3.63) is 47.5 Å². The lowest BCUT2D eigenvalue weighted by Gasteiger charge is -2.27. The van der Waals surface area contributed by atoms with E-state index in [1.165, 1.54) is 30.3 Å². The number of para-hydroxylation sites is 1. The molecule has 7 rings (SSSR count). The number of amides is 1. The summed E-state index contributed by atoms with van der Waals surface area (Å²) in [6, 6.07) is 12.7. The van der Waals surface area contributed by atoms with Gasteiger partial charge in [0.2, 0.25) is 0 Å². The van der Waals surface area contributed by atoms with Crippen LogP contribution in [0.15, 0.2) is 36.4 Å². The number of carbonyl (C=O) groups excluding carboxylic acids is 1. The Morgan fingerprint density at radius 3 is 2.61 bits per heavy atom. The van der Waals surface area contributed by atoms with Crippen LogP contribution < -0.4 is 4.74 Å². The molecule has 2 aromatic heterocycles. The van der Waals surface area contributed by atoms with E-state index >= 15 is 0 Å². The number of ether oxygens (including phenoxy) is 1. The number of hydrogen-bond acceptors (Lipinski definition) is 4. The van der Waals surface area contributed by atoms with Crippen LogP contribution in [0.4, 0.5) is 0 Å². The molecule has 2 saturated carbocycles. The van der Waals surface area contributed by atoms with Crippen LogP contribution in [0, 0.1) is 17.8 Å². The van der Waals surface area contributed by atoms with Crippen LogP contribution in [-0.4, -0.2) is 55.7 Å². The van der Waals surface area contributed by atoms with Crippen molar-refractivity contribution in [2.45, 2.75) is 64.5 Å². The monoisotopic (exact) mass is 554 g/mol. The molecule has 214 valence electrons. The van der Waals surface area contributed by atoms with Crippen molar-refractivity contribution in [1.29, 1.82) is 0 Å². The number of nitrogens with zero attached hydrogens (tertiary/aromatic N) is 4. The lowest BCUT2D eigenvalue weighted by molar-refractivity contribution is -0.137. The summed E-state index contributed by atoms with van der Waals surface area (Å²) in [4.78, 5) is 32.1. The number of likely N-dealkylation sites (tertiary alicyclic amines) is 1. The second-order valence-electron chi connectivity index (χ2n) is 12.4. The Morgan fingerprint density at radius 2 is 1.93 bits per heavy atom. The van der Waals surface area contributed by atoms with Crippen LogP contribution in [0.25, 0.3) is 33.5 Å². The highest BCUT2D eigenvalue weighted by Gasteiger charge is 2.46. The Morgan fingerprint density at radius 1 is 1.10 bits per heavy atom. The van der Waals surface area contributed by atoms with E-state index in [1.54, 1.807) is 7.11 Å². The van der Waals surface area contributed by atoms with Gasteiger partial charge in [-0.2, -0.15) is 0 Å². The Kier molecular flexibility index (Phi) is 6.32. The summed E-state index contributed by atoms with van der Waals surface area (Å²) >= 11 is 0. The summed E-state index contributed by atoms with van der Waals surface area (Å²) in [5.74, 6) is 2.62. The first-order valence-corrected chi connectivity index (χ1v) is 15.0. The van der Waals surface area contributed by atoms with E-state index in [0.29, 0.717) is 41.5 Å². The first-order valence-electron chi connectivity index (χ1n) is 15.0. The number of methoxy groups -OCH3 is 1. The molecule has 0 radical (unpaired) electrons. The van der Waals surface area contributed by atoms with E-state index in [-0.39, 0.29) is 12.3 Å². The molecule has 4 aromatic rings. The highest BCUT2D eigenvalue weighted by Crippen LogP contribution is 2.44. The Labute approximate surface area is 239 Å². The number of piperidine rings is 1. The van der Waals surface area contributed by atoms with Gasteiger partial charge in [0.25, 0.3) is 5.91 Å². The van der Waals surface area contributed by atoms with Gasteiger partial charge >= 0.3 is 5.97 Å². The van der Waals surface area contributed by atoms with Crippen molar-refractivity contribution in [3.63, 3.8) is 0 Å². The number of aliphatic carboxylic acids is 1. The van der Waals surface area contributed by atoms with E-state index in [4.69, 9.17) is 9.72 Å². The molecule has 3 atom stereocenters. The zero-order chi connectivity index (χ0) is 28.4. The quantitative estimate of drug-likeness (QED) is 0.279. The van der Waals surface area contributed by atoms with Crippen LogP contribution in [0.1, 0.15) is 61.4 Å². The Bertz CT molecular complexity index is 1680. The van der Waals surface area contributed by atoms with Gasteiger partial charge in [0.1, 0.15) is 11.3 Å². The fourth-order valence-electron chi connectivity index (χ4n) is 7.50. The molecule has 1 amide bonds. The number of aromatic nitrogens is 3. The van der Waals surface area contributed by atoms with E-state index in [2.05, 4.69) is 45.2 Å². The molecule has 8 heteroatoms. The van der Waals surface area contributed by atoms with Gasteiger partial charge in [-0.05, 0) is 80.0 Å². The van der Waals surface area contributed by atoms with Gasteiger partial charge in [-0.25, -0.2) is 4.98 Å². The minimum Gasteiger partial charge on any atom is -0.494 e. The van der Waals surface area contributed by atoms with E-state index in [0.717, 1.165) is 53.9 Å². The van der Waals surface area contributed by atoms with Crippen molar-refractivity contribution in [2.75, 3.05) is 13.7 Å². The smallest absolute Gasteiger partial charge is 0.303 e. The van der Waals surface area contributed by atoms with Crippen LogP contribution in [0.2, 0.25) is 0 Å². The van der Waals surface area contributed by atoms with Crippen LogP contribution in [-0.2, 0) is 24.8 Å². The van der Waals surface area contributed by atoms with Crippen molar-refractivity contribution >= 4 is 33.8 Å². The lowest BCUT2D eigenvalue weighted by Crippen LogP contribution is -2.38. The molecule has 3 heterocycles. The first kappa shape index (κ1) is 26.1. The number of benzene rings is 2. The van der Waals surface area contributed by atoms with Gasteiger partial charge in [-0.15, -0.1) is 0 Å². The number of fused-ring (bicyclic) bond motifs is 4. The van der Waals surface area contributed by atoms with Crippen LogP contribution in [0.5, 0.6) is 5.75 Å². The molecule has 3 aliphatic rings. The van der Waals surface area contributed by atoms with Crippen LogP contribution >= 0.6 is 0 Å². The summed E-state index contributed by atoms with van der Waals surface area (Å²) < 4.78 is 10.3. The van der Waals surface area contributed by atoms with Crippen molar-refractivity contribution < 1.29 is 19.4 Å². The van der Waals surface area contributed by atoms with Gasteiger partial charge < -0.3 is 23.9 Å². The number of carbonyl (C=O) groups is 2. The number of hydrogen-bond donors (Lipinski definition) is 1. The molecule has 1 aliphatic heterocycles. The highest BCUT2D eigenvalue weighted by molar-refractivity contribution is 6.00. The fraction of sp³-hybridized carbons (Fsp3) is 0.485. The number of carboxylic acids is 1. The second kappa shape index (κ2) is 9.93. The third-order valence-electron chi connectivity index (χ3n) is 9.88. The third kappa shape index (κ3) is 4.39. The lowest BCUT2D eigenvalue weighted by atomic mass is 10.0. The summed E-state index contributed by atoms with van der Waals surface area (Å²) in [7, 11) is 3.67. The number of imidazole rings is 1. The molecular formula is C33H38N4O4. The molecule has 2 bridgehead atoms. The van der Waals surface area contributed by atoms with Gasteiger partial charge in [-0.1, -0.05) is 25.1 Å².